The molecule has 0 saturated heterocycles. The Morgan fingerprint density at radius 3 is 2.42 bits per heavy atom. The van der Waals surface area contributed by atoms with Crippen molar-refractivity contribution in [2.75, 3.05) is 11.6 Å². The largest absolute Gasteiger partial charge is 0.347 e. The van der Waals surface area contributed by atoms with Crippen LogP contribution >= 0.6 is 11.6 Å². The molecule has 3 rings (SSSR count). The molecule has 1 aromatic carbocycles. The zero-order valence-corrected chi connectivity index (χ0v) is 16.5. The van der Waals surface area contributed by atoms with Gasteiger partial charge in [-0.15, -0.1) is 0 Å². The molecule has 26 heavy (non-hydrogen) atoms. The maximum atomic E-state index is 12.0. The van der Waals surface area contributed by atoms with Crippen molar-refractivity contribution in [2.45, 2.75) is 37.9 Å². The lowest BCUT2D eigenvalue weighted by atomic mass is 10.1. The molecule has 0 spiro atoms. The molecule has 0 unspecified atom stereocenters. The molecule has 2 heterocycles. The lowest BCUT2D eigenvalue weighted by Crippen LogP contribution is -2.16. The van der Waals surface area contributed by atoms with Crippen molar-refractivity contribution in [3.63, 3.8) is 0 Å². The average molecular weight is 394 g/mol. The van der Waals surface area contributed by atoms with E-state index >= 15 is 0 Å². The highest BCUT2D eigenvalue weighted by Crippen LogP contribution is 2.27. The summed E-state index contributed by atoms with van der Waals surface area (Å²) >= 11 is 6.26. The van der Waals surface area contributed by atoms with E-state index in [2.05, 4.69) is 20.4 Å². The van der Waals surface area contributed by atoms with Gasteiger partial charge in [0.25, 0.3) is 5.16 Å². The summed E-state index contributed by atoms with van der Waals surface area (Å²) in [5, 5.41) is 7.92. The van der Waals surface area contributed by atoms with E-state index in [1.165, 1.54) is 4.52 Å². The predicted molar refractivity (Wildman–Crippen MR) is 101 cm³/mol. The van der Waals surface area contributed by atoms with Gasteiger partial charge in [-0.25, -0.2) is 8.42 Å². The number of hydrogen-bond donors (Lipinski definition) is 1. The van der Waals surface area contributed by atoms with Crippen LogP contribution in [0.15, 0.2) is 35.6 Å². The number of rotatable bonds is 5. The number of aromatic nitrogens is 4. The van der Waals surface area contributed by atoms with Gasteiger partial charge in [0.2, 0.25) is 15.8 Å². The van der Waals surface area contributed by atoms with E-state index in [0.717, 1.165) is 17.4 Å². The van der Waals surface area contributed by atoms with Gasteiger partial charge in [0.05, 0.1) is 12.2 Å². The van der Waals surface area contributed by atoms with E-state index in [9.17, 15) is 8.42 Å². The summed E-state index contributed by atoms with van der Waals surface area (Å²) in [6.07, 6.45) is 2.78. The standard InChI is InChI=1S/C17H20ClN5O2S/c1-10(2)13-9-19-23-15(13)21-17(26(4,24)25)22-16(23)20-11(3)12-7-5-6-8-14(12)18/h5-11H,1-4H3,(H,20,21,22)/t11-/m0/s1. The van der Waals surface area contributed by atoms with Crippen molar-refractivity contribution in [1.82, 2.24) is 19.6 Å². The van der Waals surface area contributed by atoms with E-state index in [-0.39, 0.29) is 17.1 Å². The fourth-order valence-corrected chi connectivity index (χ4v) is 3.44. The quantitative estimate of drug-likeness (QED) is 0.713. The minimum absolute atomic E-state index is 0.142. The molecule has 7 nitrogen and oxygen atoms in total. The van der Waals surface area contributed by atoms with Gasteiger partial charge >= 0.3 is 0 Å². The first-order valence-electron chi connectivity index (χ1n) is 8.15. The third kappa shape index (κ3) is 3.52. The van der Waals surface area contributed by atoms with Gasteiger partial charge in [-0.05, 0) is 24.5 Å². The average Bonchev–Trinajstić information content (AvgIpc) is 2.98. The highest BCUT2D eigenvalue weighted by molar-refractivity contribution is 7.90. The van der Waals surface area contributed by atoms with Crippen LogP contribution in [0, 0.1) is 0 Å². The van der Waals surface area contributed by atoms with E-state index in [1.54, 1.807) is 12.3 Å². The number of halogens is 1. The Morgan fingerprint density at radius 1 is 1.12 bits per heavy atom. The summed E-state index contributed by atoms with van der Waals surface area (Å²) in [6.45, 7) is 5.92. The minimum atomic E-state index is -3.58. The number of nitrogens with zero attached hydrogens (tertiary/aromatic N) is 4. The number of nitrogens with one attached hydrogen (secondary N) is 1. The Hall–Kier alpha value is -2.19. The van der Waals surface area contributed by atoms with Crippen LogP contribution in [-0.4, -0.2) is 34.3 Å². The molecule has 0 saturated carbocycles. The van der Waals surface area contributed by atoms with Crippen LogP contribution in [0.25, 0.3) is 5.65 Å². The molecule has 3 aromatic rings. The molecular formula is C17H20ClN5O2S. The van der Waals surface area contributed by atoms with Crippen LogP contribution in [0.5, 0.6) is 0 Å². The summed E-state index contributed by atoms with van der Waals surface area (Å²) in [5.41, 5.74) is 2.20. The number of sulfone groups is 1. The second-order valence-electron chi connectivity index (χ2n) is 6.48. The fourth-order valence-electron chi connectivity index (χ4n) is 2.64. The van der Waals surface area contributed by atoms with Crippen molar-refractivity contribution in [2.24, 2.45) is 0 Å². The minimum Gasteiger partial charge on any atom is -0.347 e. The van der Waals surface area contributed by atoms with Gasteiger partial charge in [0.15, 0.2) is 5.65 Å². The van der Waals surface area contributed by atoms with Crippen LogP contribution in [0.1, 0.15) is 43.9 Å². The van der Waals surface area contributed by atoms with Gasteiger partial charge in [0.1, 0.15) is 0 Å². The molecular weight excluding hydrogens is 374 g/mol. The van der Waals surface area contributed by atoms with E-state index in [0.29, 0.717) is 16.6 Å². The van der Waals surface area contributed by atoms with E-state index in [1.807, 2.05) is 39.0 Å². The SMILES string of the molecule is CC(C)c1cnn2c(N[C@@H](C)c3ccccc3Cl)nc(S(C)(=O)=O)nc12. The van der Waals surface area contributed by atoms with Gasteiger partial charge in [0, 0.05) is 16.8 Å². The first-order chi connectivity index (χ1) is 12.2. The maximum absolute atomic E-state index is 12.0. The number of anilines is 1. The van der Waals surface area contributed by atoms with E-state index < -0.39 is 9.84 Å². The second kappa shape index (κ2) is 6.85. The van der Waals surface area contributed by atoms with Crippen LogP contribution < -0.4 is 5.32 Å². The lowest BCUT2D eigenvalue weighted by Gasteiger charge is -2.17. The third-order valence-corrected chi connectivity index (χ3v) is 5.24. The Bertz CT molecular complexity index is 1060. The molecule has 1 N–H and O–H groups in total. The lowest BCUT2D eigenvalue weighted by molar-refractivity contribution is 0.591. The first-order valence-corrected chi connectivity index (χ1v) is 10.4. The molecule has 0 bridgehead atoms. The van der Waals surface area contributed by atoms with Gasteiger partial charge in [-0.3, -0.25) is 0 Å². The highest BCUT2D eigenvalue weighted by Gasteiger charge is 2.21. The molecule has 0 aliphatic carbocycles. The zero-order valence-electron chi connectivity index (χ0n) is 14.9. The number of fused-ring (bicyclic) bond motifs is 1. The van der Waals surface area contributed by atoms with Crippen molar-refractivity contribution in [3.05, 3.63) is 46.6 Å². The third-order valence-electron chi connectivity index (χ3n) is 4.05. The molecule has 0 amide bonds. The molecule has 0 aliphatic rings. The normalized spacial score (nSPS) is 13.3. The van der Waals surface area contributed by atoms with Crippen LogP contribution in [0.4, 0.5) is 5.95 Å². The van der Waals surface area contributed by atoms with Crippen molar-refractivity contribution < 1.29 is 8.42 Å². The van der Waals surface area contributed by atoms with Gasteiger partial charge in [-0.1, -0.05) is 43.6 Å². The van der Waals surface area contributed by atoms with Crippen LogP contribution in [0.3, 0.4) is 0 Å². The van der Waals surface area contributed by atoms with Crippen LogP contribution in [-0.2, 0) is 9.84 Å². The smallest absolute Gasteiger partial charge is 0.252 e. The summed E-state index contributed by atoms with van der Waals surface area (Å²) in [7, 11) is -3.58. The molecule has 2 aromatic heterocycles. The van der Waals surface area contributed by atoms with Crippen molar-refractivity contribution in [1.29, 1.82) is 0 Å². The van der Waals surface area contributed by atoms with E-state index in [4.69, 9.17) is 11.6 Å². The number of hydrogen-bond acceptors (Lipinski definition) is 6. The zero-order chi connectivity index (χ0) is 19.1. The summed E-state index contributed by atoms with van der Waals surface area (Å²) < 4.78 is 25.6. The van der Waals surface area contributed by atoms with Crippen LogP contribution in [0.2, 0.25) is 5.02 Å². The summed E-state index contributed by atoms with van der Waals surface area (Å²) in [4.78, 5) is 8.41. The molecule has 0 aliphatic heterocycles. The Balaban J connectivity index is 2.14. The van der Waals surface area contributed by atoms with Crippen molar-refractivity contribution in [3.8, 4) is 0 Å². The predicted octanol–water partition coefficient (Wildman–Crippen LogP) is 3.48. The monoisotopic (exact) mass is 393 g/mol. The Morgan fingerprint density at radius 2 is 1.81 bits per heavy atom. The fraction of sp³-hybridized carbons (Fsp3) is 0.353. The molecule has 0 radical (unpaired) electrons. The topological polar surface area (TPSA) is 89.2 Å². The summed E-state index contributed by atoms with van der Waals surface area (Å²) in [5.74, 6) is 0.443. The first kappa shape index (κ1) is 18.6. The highest BCUT2D eigenvalue weighted by atomic mass is 35.5. The molecule has 138 valence electrons. The van der Waals surface area contributed by atoms with Crippen molar-refractivity contribution >= 4 is 33.0 Å². The van der Waals surface area contributed by atoms with Gasteiger partial charge < -0.3 is 5.32 Å². The number of benzene rings is 1. The molecule has 9 heteroatoms. The second-order valence-corrected chi connectivity index (χ2v) is 8.80. The maximum Gasteiger partial charge on any atom is 0.252 e. The summed E-state index contributed by atoms with van der Waals surface area (Å²) in [6, 6.07) is 7.24. The molecule has 1 atom stereocenters. The molecule has 0 fully saturated rings. The van der Waals surface area contributed by atoms with Gasteiger partial charge in [-0.2, -0.15) is 19.6 Å². The Kier molecular flexibility index (Phi) is 4.90. The Labute approximate surface area is 157 Å².